The summed E-state index contributed by atoms with van der Waals surface area (Å²) in [7, 11) is 0. The lowest BCUT2D eigenvalue weighted by molar-refractivity contribution is -0.145. The summed E-state index contributed by atoms with van der Waals surface area (Å²) in [6.07, 6.45) is 0. The summed E-state index contributed by atoms with van der Waals surface area (Å²) in [5.41, 5.74) is 3.31. The average molecular weight is 423 g/mol. The lowest BCUT2D eigenvalue weighted by atomic mass is 9.77. The van der Waals surface area contributed by atoms with Gasteiger partial charge in [-0.3, -0.25) is 5.32 Å². The van der Waals surface area contributed by atoms with Crippen LogP contribution in [0, 0.1) is 11.3 Å². The minimum atomic E-state index is -0.682. The Morgan fingerprint density at radius 3 is 2.00 bits per heavy atom. The highest BCUT2D eigenvalue weighted by Gasteiger charge is 2.30. The van der Waals surface area contributed by atoms with Crippen LogP contribution < -0.4 is 5.32 Å². The first-order chi connectivity index (χ1) is 14.4. The third-order valence-electron chi connectivity index (χ3n) is 5.20. The monoisotopic (exact) mass is 422 g/mol. The van der Waals surface area contributed by atoms with E-state index in [9.17, 15) is 9.90 Å². The Morgan fingerprint density at radius 2 is 1.58 bits per heavy atom. The van der Waals surface area contributed by atoms with Gasteiger partial charge < -0.3 is 9.84 Å². The smallest absolute Gasteiger partial charge is 0.327 e. The lowest BCUT2D eigenvalue weighted by Gasteiger charge is -2.29. The molecular formula is C26H34N2O3. The fourth-order valence-corrected chi connectivity index (χ4v) is 3.45. The molecule has 0 fully saturated rings. The fourth-order valence-electron chi connectivity index (χ4n) is 3.45. The van der Waals surface area contributed by atoms with Crippen molar-refractivity contribution in [3.63, 3.8) is 0 Å². The van der Waals surface area contributed by atoms with Gasteiger partial charge in [-0.1, -0.05) is 53.7 Å². The van der Waals surface area contributed by atoms with Crippen LogP contribution in [-0.4, -0.2) is 17.7 Å². The first-order valence-corrected chi connectivity index (χ1v) is 10.7. The second kappa shape index (κ2) is 9.53. The molecular weight excluding hydrogens is 388 g/mol. The van der Waals surface area contributed by atoms with Crippen LogP contribution in [-0.2, 0) is 26.9 Å². The van der Waals surface area contributed by atoms with E-state index in [0.29, 0.717) is 12.1 Å². The molecule has 31 heavy (non-hydrogen) atoms. The van der Waals surface area contributed by atoms with Crippen LogP contribution in [0.1, 0.15) is 82.3 Å². The van der Waals surface area contributed by atoms with E-state index >= 15 is 0 Å². The number of phenols is 1. The highest BCUT2D eigenvalue weighted by atomic mass is 16.5. The normalized spacial score (nSPS) is 12.8. The van der Waals surface area contributed by atoms with Crippen LogP contribution >= 0.6 is 0 Å². The third-order valence-corrected chi connectivity index (χ3v) is 5.20. The van der Waals surface area contributed by atoms with E-state index in [1.165, 1.54) is 0 Å². The second-order valence-electron chi connectivity index (χ2n) is 9.84. The van der Waals surface area contributed by atoms with Gasteiger partial charge in [0.15, 0.2) is 0 Å². The van der Waals surface area contributed by atoms with E-state index in [4.69, 9.17) is 10.00 Å². The summed E-state index contributed by atoms with van der Waals surface area (Å²) in [5.74, 6) is -0.0833. The molecule has 166 valence electrons. The molecule has 0 spiro atoms. The lowest BCUT2D eigenvalue weighted by Crippen LogP contribution is -2.31. The SMILES string of the molecule is CCOC(=O)C(NCc1ccc(C#N)cc1)c1cc(C(C)(C)C)c(O)c(C(C)(C)C)c1. The zero-order valence-electron chi connectivity index (χ0n) is 19.7. The second-order valence-corrected chi connectivity index (χ2v) is 9.84. The molecule has 1 atom stereocenters. The summed E-state index contributed by atoms with van der Waals surface area (Å²) in [6.45, 7) is 14.8. The van der Waals surface area contributed by atoms with Gasteiger partial charge in [-0.2, -0.15) is 5.26 Å². The molecule has 0 aliphatic carbocycles. The predicted molar refractivity (Wildman–Crippen MR) is 123 cm³/mol. The number of hydrogen-bond acceptors (Lipinski definition) is 5. The maximum Gasteiger partial charge on any atom is 0.327 e. The maximum absolute atomic E-state index is 12.9. The van der Waals surface area contributed by atoms with E-state index in [2.05, 4.69) is 11.4 Å². The quantitative estimate of drug-likeness (QED) is 0.621. The van der Waals surface area contributed by atoms with E-state index in [1.807, 2.05) is 65.8 Å². The number of esters is 1. The van der Waals surface area contributed by atoms with Gasteiger partial charge in [0, 0.05) is 6.54 Å². The zero-order chi connectivity index (χ0) is 23.4. The topological polar surface area (TPSA) is 82.3 Å². The first-order valence-electron chi connectivity index (χ1n) is 10.7. The van der Waals surface area contributed by atoms with E-state index in [0.717, 1.165) is 22.3 Å². The highest BCUT2D eigenvalue weighted by molar-refractivity contribution is 5.78. The third kappa shape index (κ3) is 6.08. The predicted octanol–water partition coefficient (Wildman–Crippen LogP) is 5.25. The molecule has 5 heteroatoms. The Morgan fingerprint density at radius 1 is 1.06 bits per heavy atom. The molecule has 2 N–H and O–H groups in total. The zero-order valence-corrected chi connectivity index (χ0v) is 19.7. The molecule has 0 aliphatic rings. The van der Waals surface area contributed by atoms with E-state index < -0.39 is 6.04 Å². The maximum atomic E-state index is 12.9. The Balaban J connectivity index is 2.51. The fraction of sp³-hybridized carbons (Fsp3) is 0.462. The van der Waals surface area contributed by atoms with Gasteiger partial charge in [-0.25, -0.2) is 4.79 Å². The number of hydrogen-bond donors (Lipinski definition) is 2. The van der Waals surface area contributed by atoms with Crippen molar-refractivity contribution in [1.82, 2.24) is 5.32 Å². The standard InChI is InChI=1S/C26H34N2O3/c1-8-31-24(30)22(28-16-18-11-9-17(15-27)10-12-18)19-13-20(25(2,3)4)23(29)21(14-19)26(5,6)7/h9-14,22,28-29H,8,16H2,1-7H3. The molecule has 0 aromatic heterocycles. The van der Waals surface area contributed by atoms with Crippen LogP contribution in [0.2, 0.25) is 0 Å². The minimum absolute atomic E-state index is 0.276. The van der Waals surface area contributed by atoms with E-state index in [-0.39, 0.29) is 29.2 Å². The summed E-state index contributed by atoms with van der Waals surface area (Å²) < 4.78 is 5.36. The van der Waals surface area contributed by atoms with Gasteiger partial charge in [-0.15, -0.1) is 0 Å². The Labute approximate surface area is 186 Å². The van der Waals surface area contributed by atoms with Crippen molar-refractivity contribution in [1.29, 1.82) is 5.26 Å². The number of carbonyl (C=O) groups is 1. The van der Waals surface area contributed by atoms with Crippen LogP contribution in [0.3, 0.4) is 0 Å². The van der Waals surface area contributed by atoms with Gasteiger partial charge in [0.2, 0.25) is 0 Å². The molecule has 0 saturated heterocycles. The van der Waals surface area contributed by atoms with Crippen molar-refractivity contribution in [2.24, 2.45) is 0 Å². The Kier molecular flexibility index (Phi) is 7.51. The number of phenolic OH excluding ortho intramolecular Hbond substituents is 1. The largest absolute Gasteiger partial charge is 0.507 e. The van der Waals surface area contributed by atoms with Crippen molar-refractivity contribution in [3.05, 3.63) is 64.2 Å². The molecule has 0 aliphatic heterocycles. The molecule has 0 saturated carbocycles. The van der Waals surface area contributed by atoms with Crippen LogP contribution in [0.15, 0.2) is 36.4 Å². The molecule has 0 bridgehead atoms. The van der Waals surface area contributed by atoms with Crippen LogP contribution in [0.5, 0.6) is 5.75 Å². The number of carbonyl (C=O) groups excluding carboxylic acids is 1. The molecule has 0 amide bonds. The molecule has 2 aromatic carbocycles. The minimum Gasteiger partial charge on any atom is -0.507 e. The Bertz CT molecular complexity index is 923. The molecule has 0 radical (unpaired) electrons. The number of ether oxygens (including phenoxy) is 1. The van der Waals surface area contributed by atoms with Gasteiger partial charge in [0.05, 0.1) is 18.2 Å². The van der Waals surface area contributed by atoms with Gasteiger partial charge in [-0.05, 0) is 64.3 Å². The number of benzene rings is 2. The molecule has 2 aromatic rings. The van der Waals surface area contributed by atoms with Crippen molar-refractivity contribution in [2.45, 2.75) is 71.9 Å². The Hall–Kier alpha value is -2.84. The molecule has 1 unspecified atom stereocenters. The highest BCUT2D eigenvalue weighted by Crippen LogP contribution is 2.41. The average Bonchev–Trinajstić information content (AvgIpc) is 2.68. The van der Waals surface area contributed by atoms with Gasteiger partial charge in [0.25, 0.3) is 0 Å². The molecule has 2 rings (SSSR count). The number of nitrogens with one attached hydrogen (secondary N) is 1. The van der Waals surface area contributed by atoms with Crippen molar-refractivity contribution < 1.29 is 14.6 Å². The van der Waals surface area contributed by atoms with Crippen LogP contribution in [0.4, 0.5) is 0 Å². The molecule has 5 nitrogen and oxygen atoms in total. The van der Waals surface area contributed by atoms with Gasteiger partial charge in [0.1, 0.15) is 11.8 Å². The summed E-state index contributed by atoms with van der Waals surface area (Å²) in [6, 6.07) is 12.5. The summed E-state index contributed by atoms with van der Waals surface area (Å²) in [4.78, 5) is 12.9. The van der Waals surface area contributed by atoms with Crippen molar-refractivity contribution >= 4 is 5.97 Å². The first kappa shape index (κ1) is 24.4. The molecule has 0 heterocycles. The number of nitriles is 1. The van der Waals surface area contributed by atoms with E-state index in [1.54, 1.807) is 19.1 Å². The summed E-state index contributed by atoms with van der Waals surface area (Å²) >= 11 is 0. The van der Waals surface area contributed by atoms with Crippen molar-refractivity contribution in [2.75, 3.05) is 6.61 Å². The van der Waals surface area contributed by atoms with Crippen LogP contribution in [0.25, 0.3) is 0 Å². The number of rotatable bonds is 6. The summed E-state index contributed by atoms with van der Waals surface area (Å²) in [5, 5.41) is 23.3. The number of nitrogens with zero attached hydrogens (tertiary/aromatic N) is 1. The van der Waals surface area contributed by atoms with Crippen molar-refractivity contribution in [3.8, 4) is 11.8 Å². The van der Waals surface area contributed by atoms with Gasteiger partial charge >= 0.3 is 5.97 Å². The number of aromatic hydroxyl groups is 1.